The summed E-state index contributed by atoms with van der Waals surface area (Å²) in [6.07, 6.45) is 3.65. The minimum atomic E-state index is -0.743. The van der Waals surface area contributed by atoms with Crippen LogP contribution in [0.5, 0.6) is 0 Å². The van der Waals surface area contributed by atoms with Crippen LogP contribution in [-0.2, 0) is 16.0 Å². The molecule has 2 heteroatoms. The first-order chi connectivity index (χ1) is 5.86. The minimum Gasteiger partial charge on any atom is -0.290 e. The largest absolute Gasteiger partial charge is 0.290 e. The summed E-state index contributed by atoms with van der Waals surface area (Å²) >= 11 is 0. The molecular weight excluding hydrogens is 152 g/mol. The van der Waals surface area contributed by atoms with Crippen LogP contribution in [0.2, 0.25) is 0 Å². The van der Waals surface area contributed by atoms with Crippen molar-refractivity contribution in [3.63, 3.8) is 0 Å². The van der Waals surface area contributed by atoms with E-state index >= 15 is 0 Å². The maximum absolute atomic E-state index is 10.2. The molecule has 0 aliphatic rings. The van der Waals surface area contributed by atoms with Gasteiger partial charge in [-0.25, -0.2) is 0 Å². The highest BCUT2D eigenvalue weighted by atomic mass is 16.1. The van der Waals surface area contributed by atoms with E-state index in [9.17, 15) is 9.59 Å². The van der Waals surface area contributed by atoms with E-state index < -0.39 is 5.92 Å². The quantitative estimate of drug-likeness (QED) is 0.617. The van der Waals surface area contributed by atoms with E-state index in [-0.39, 0.29) is 0 Å². The Morgan fingerprint density at radius 1 is 1.08 bits per heavy atom. The zero-order valence-electron chi connectivity index (χ0n) is 6.49. The second-order valence-corrected chi connectivity index (χ2v) is 2.48. The molecule has 0 N–H and O–H groups in total. The fraction of sp³-hybridized carbons (Fsp3) is 0.200. The van der Waals surface area contributed by atoms with Crippen LogP contribution < -0.4 is 0 Å². The minimum absolute atomic E-state index is 0.397. The van der Waals surface area contributed by atoms with Crippen molar-refractivity contribution in [1.29, 1.82) is 0 Å². The van der Waals surface area contributed by atoms with Crippen molar-refractivity contribution in [2.75, 3.05) is 0 Å². The summed E-state index contributed by atoms with van der Waals surface area (Å²) in [4.78, 5) is 20.3. The molecule has 0 aliphatic carbocycles. The summed E-state index contributed by atoms with van der Waals surface area (Å²) in [6.45, 7) is 0. The van der Waals surface area contributed by atoms with Crippen LogP contribution in [0.3, 0.4) is 0 Å². The highest BCUT2D eigenvalue weighted by Crippen LogP contribution is 2.04. The Morgan fingerprint density at radius 3 is 2.17 bits per heavy atom. The number of hydrogen-bond donors (Lipinski definition) is 0. The lowest BCUT2D eigenvalue weighted by molar-refractivity contribution is 0.517. The van der Waals surface area contributed by atoms with Crippen LogP contribution in [-0.4, -0.2) is 12.6 Å². The highest BCUT2D eigenvalue weighted by molar-refractivity contribution is 5.78. The van der Waals surface area contributed by atoms with Gasteiger partial charge in [0.1, 0.15) is 0 Å². The summed E-state index contributed by atoms with van der Waals surface area (Å²) in [6, 6.07) is 9.33. The first kappa shape index (κ1) is 8.65. The van der Waals surface area contributed by atoms with Gasteiger partial charge in [0.05, 0.1) is 5.92 Å². The smallest absolute Gasteiger partial charge is 0.210 e. The van der Waals surface area contributed by atoms with Crippen molar-refractivity contribution in [3.05, 3.63) is 35.9 Å². The van der Waals surface area contributed by atoms with E-state index in [1.54, 1.807) is 12.6 Å². The SMILES string of the molecule is O=[C]C([C]=O)Cc1ccccc1. The first-order valence-corrected chi connectivity index (χ1v) is 3.66. The van der Waals surface area contributed by atoms with Crippen molar-refractivity contribution in [2.24, 2.45) is 5.92 Å². The lowest BCUT2D eigenvalue weighted by atomic mass is 10.0. The third-order valence-corrected chi connectivity index (χ3v) is 1.57. The predicted molar refractivity (Wildman–Crippen MR) is 45.0 cm³/mol. The maximum atomic E-state index is 10.2. The van der Waals surface area contributed by atoms with E-state index in [4.69, 9.17) is 0 Å². The summed E-state index contributed by atoms with van der Waals surface area (Å²) < 4.78 is 0. The monoisotopic (exact) mass is 160 g/mol. The van der Waals surface area contributed by atoms with Gasteiger partial charge in [0.2, 0.25) is 12.6 Å². The van der Waals surface area contributed by atoms with Crippen LogP contribution >= 0.6 is 0 Å². The van der Waals surface area contributed by atoms with Crippen molar-refractivity contribution < 1.29 is 9.59 Å². The Labute approximate surface area is 71.2 Å². The Kier molecular flexibility index (Phi) is 3.20. The Balaban J connectivity index is 2.62. The molecule has 1 aromatic carbocycles. The van der Waals surface area contributed by atoms with E-state index in [0.717, 1.165) is 5.56 Å². The lowest BCUT2D eigenvalue weighted by Crippen LogP contribution is -2.06. The molecular formula is C10H8O2. The van der Waals surface area contributed by atoms with Gasteiger partial charge in [-0.1, -0.05) is 30.3 Å². The molecule has 0 atom stereocenters. The zero-order chi connectivity index (χ0) is 8.81. The molecule has 0 aromatic heterocycles. The molecule has 0 heterocycles. The average molecular weight is 160 g/mol. The fourth-order valence-electron chi connectivity index (χ4n) is 0.957. The highest BCUT2D eigenvalue weighted by Gasteiger charge is 2.07. The summed E-state index contributed by atoms with van der Waals surface area (Å²) in [5.74, 6) is -0.743. The van der Waals surface area contributed by atoms with Crippen molar-refractivity contribution in [2.45, 2.75) is 6.42 Å². The average Bonchev–Trinajstić information content (AvgIpc) is 2.16. The van der Waals surface area contributed by atoms with Crippen LogP contribution in [0.4, 0.5) is 0 Å². The molecule has 60 valence electrons. The van der Waals surface area contributed by atoms with Gasteiger partial charge >= 0.3 is 0 Å². The number of rotatable bonds is 4. The summed E-state index contributed by atoms with van der Waals surface area (Å²) in [5.41, 5.74) is 0.953. The number of carbonyl (C=O) groups excluding carboxylic acids is 2. The van der Waals surface area contributed by atoms with Crippen molar-refractivity contribution in [1.82, 2.24) is 0 Å². The van der Waals surface area contributed by atoms with Crippen molar-refractivity contribution >= 4 is 12.6 Å². The van der Waals surface area contributed by atoms with Gasteiger partial charge in [-0.15, -0.1) is 0 Å². The molecule has 0 saturated carbocycles. The van der Waals surface area contributed by atoms with Gasteiger partial charge in [-0.2, -0.15) is 0 Å². The maximum Gasteiger partial charge on any atom is 0.210 e. The lowest BCUT2D eigenvalue weighted by Gasteiger charge is -1.99. The standard InChI is InChI=1S/C10H8O2/c11-7-10(8-12)6-9-4-2-1-3-5-9/h1-5,10H,6H2. The van der Waals surface area contributed by atoms with Crippen LogP contribution in [0.1, 0.15) is 5.56 Å². The van der Waals surface area contributed by atoms with E-state index in [1.165, 1.54) is 0 Å². The second kappa shape index (κ2) is 4.44. The van der Waals surface area contributed by atoms with Gasteiger partial charge in [0.25, 0.3) is 0 Å². The molecule has 2 nitrogen and oxygen atoms in total. The summed E-state index contributed by atoms with van der Waals surface area (Å²) in [5, 5.41) is 0. The van der Waals surface area contributed by atoms with Crippen LogP contribution in [0.15, 0.2) is 30.3 Å². The summed E-state index contributed by atoms with van der Waals surface area (Å²) in [7, 11) is 0. The third kappa shape index (κ3) is 2.31. The molecule has 0 amide bonds. The number of benzene rings is 1. The topological polar surface area (TPSA) is 34.1 Å². The molecule has 2 radical (unpaired) electrons. The molecule has 0 bridgehead atoms. The molecule has 12 heavy (non-hydrogen) atoms. The third-order valence-electron chi connectivity index (χ3n) is 1.57. The second-order valence-electron chi connectivity index (χ2n) is 2.48. The van der Waals surface area contributed by atoms with Crippen molar-refractivity contribution in [3.8, 4) is 0 Å². The van der Waals surface area contributed by atoms with E-state index in [2.05, 4.69) is 0 Å². The molecule has 0 fully saturated rings. The molecule has 0 spiro atoms. The number of hydrogen-bond acceptors (Lipinski definition) is 2. The molecule has 1 aromatic rings. The van der Waals surface area contributed by atoms with Gasteiger partial charge in [0, 0.05) is 0 Å². The van der Waals surface area contributed by atoms with Crippen LogP contribution in [0, 0.1) is 5.92 Å². The Hall–Kier alpha value is -1.44. The van der Waals surface area contributed by atoms with Gasteiger partial charge < -0.3 is 0 Å². The normalized spacial score (nSPS) is 9.75. The molecule has 0 saturated heterocycles. The Morgan fingerprint density at radius 2 is 1.67 bits per heavy atom. The van der Waals surface area contributed by atoms with E-state index in [0.29, 0.717) is 6.42 Å². The van der Waals surface area contributed by atoms with Gasteiger partial charge in [-0.05, 0) is 12.0 Å². The molecule has 0 unspecified atom stereocenters. The van der Waals surface area contributed by atoms with Crippen LogP contribution in [0.25, 0.3) is 0 Å². The van der Waals surface area contributed by atoms with Gasteiger partial charge in [-0.3, -0.25) is 9.59 Å². The zero-order valence-corrected chi connectivity index (χ0v) is 6.49. The predicted octanol–water partition coefficient (Wildman–Crippen LogP) is 1.06. The first-order valence-electron chi connectivity index (χ1n) is 3.66. The Bertz CT molecular complexity index is 246. The van der Waals surface area contributed by atoms with E-state index in [1.807, 2.05) is 30.3 Å². The fourth-order valence-corrected chi connectivity index (χ4v) is 0.957. The molecule has 0 aliphatic heterocycles. The molecule has 1 rings (SSSR count). The van der Waals surface area contributed by atoms with Gasteiger partial charge in [0.15, 0.2) is 0 Å².